The van der Waals surface area contributed by atoms with Crippen LogP contribution >= 0.6 is 0 Å². The molecular formula is C25H33N5O3. The summed E-state index contributed by atoms with van der Waals surface area (Å²) in [5, 5.41) is 10.5. The average molecular weight is 452 g/mol. The molecular weight excluding hydrogens is 418 g/mol. The molecule has 0 saturated carbocycles. The van der Waals surface area contributed by atoms with Gasteiger partial charge in [0.1, 0.15) is 11.8 Å². The van der Waals surface area contributed by atoms with E-state index in [9.17, 15) is 4.79 Å². The van der Waals surface area contributed by atoms with Crippen molar-refractivity contribution in [2.45, 2.75) is 32.8 Å². The second-order valence-electron chi connectivity index (χ2n) is 8.61. The standard InChI is InChI=1S/C25H33N5O3/c1-18-14-20(4-6-23(18)27-9-3-8-26-19(2)31)21-5-7-24(28-16-21)25-15-22(33-29-25)17-30-10-12-32-13-11-30/h4-7,14,16,22,27H,3,8-13,15,17H2,1-2H3,(H,26,31). The molecule has 2 aliphatic rings. The molecule has 1 atom stereocenters. The number of hydrogen-bond acceptors (Lipinski definition) is 7. The van der Waals surface area contributed by atoms with Crippen LogP contribution in [0.1, 0.15) is 31.0 Å². The predicted molar refractivity (Wildman–Crippen MR) is 129 cm³/mol. The van der Waals surface area contributed by atoms with Gasteiger partial charge in [-0.2, -0.15) is 0 Å². The number of nitrogens with one attached hydrogen (secondary N) is 2. The van der Waals surface area contributed by atoms with E-state index >= 15 is 0 Å². The molecule has 1 aromatic heterocycles. The van der Waals surface area contributed by atoms with Gasteiger partial charge in [0, 0.05) is 63.5 Å². The third-order valence-corrected chi connectivity index (χ3v) is 5.96. The first-order chi connectivity index (χ1) is 16.1. The number of pyridine rings is 1. The number of carbonyl (C=O) groups excluding carboxylic acids is 1. The second kappa shape index (κ2) is 11.2. The van der Waals surface area contributed by atoms with E-state index in [1.807, 2.05) is 12.3 Å². The number of amides is 1. The van der Waals surface area contributed by atoms with E-state index in [-0.39, 0.29) is 12.0 Å². The van der Waals surface area contributed by atoms with Crippen LogP contribution in [0.3, 0.4) is 0 Å². The highest BCUT2D eigenvalue weighted by Crippen LogP contribution is 2.25. The van der Waals surface area contributed by atoms with E-state index in [4.69, 9.17) is 9.57 Å². The van der Waals surface area contributed by atoms with Crippen LogP contribution in [-0.4, -0.2) is 73.5 Å². The number of morpholine rings is 1. The molecule has 8 nitrogen and oxygen atoms in total. The van der Waals surface area contributed by atoms with Gasteiger partial charge < -0.3 is 20.2 Å². The molecule has 0 aliphatic carbocycles. The fourth-order valence-electron chi connectivity index (χ4n) is 4.10. The zero-order chi connectivity index (χ0) is 23.0. The molecule has 2 aromatic rings. The maximum Gasteiger partial charge on any atom is 0.216 e. The van der Waals surface area contributed by atoms with Crippen LogP contribution in [0.15, 0.2) is 41.7 Å². The zero-order valence-electron chi connectivity index (χ0n) is 19.5. The summed E-state index contributed by atoms with van der Waals surface area (Å²) in [6.07, 6.45) is 3.65. The Morgan fingerprint density at radius 1 is 1.15 bits per heavy atom. The molecule has 1 saturated heterocycles. The van der Waals surface area contributed by atoms with Gasteiger partial charge in [-0.05, 0) is 42.7 Å². The first-order valence-corrected chi connectivity index (χ1v) is 11.7. The number of nitrogens with zero attached hydrogens (tertiary/aromatic N) is 3. The van der Waals surface area contributed by atoms with Gasteiger partial charge in [-0.3, -0.25) is 14.7 Å². The van der Waals surface area contributed by atoms with Crippen LogP contribution in [0.4, 0.5) is 5.69 Å². The van der Waals surface area contributed by atoms with Crippen LogP contribution in [-0.2, 0) is 14.4 Å². The smallest absolute Gasteiger partial charge is 0.216 e. The van der Waals surface area contributed by atoms with E-state index in [2.05, 4.69) is 56.9 Å². The normalized spacial score (nSPS) is 18.5. The Bertz CT molecular complexity index is 971. The summed E-state index contributed by atoms with van der Waals surface area (Å²) in [4.78, 5) is 23.6. The number of aryl methyl sites for hydroxylation is 1. The van der Waals surface area contributed by atoms with Gasteiger partial charge in [-0.25, -0.2) is 0 Å². The Labute approximate surface area is 195 Å². The van der Waals surface area contributed by atoms with Crippen LogP contribution < -0.4 is 10.6 Å². The molecule has 8 heteroatoms. The molecule has 176 valence electrons. The first-order valence-electron chi connectivity index (χ1n) is 11.7. The highest BCUT2D eigenvalue weighted by molar-refractivity contribution is 5.99. The Balaban J connectivity index is 1.30. The number of benzene rings is 1. The average Bonchev–Trinajstić information content (AvgIpc) is 3.29. The van der Waals surface area contributed by atoms with E-state index in [1.54, 1.807) is 0 Å². The van der Waals surface area contributed by atoms with Gasteiger partial charge in [0.15, 0.2) is 0 Å². The van der Waals surface area contributed by atoms with Crippen molar-refractivity contribution >= 4 is 17.3 Å². The minimum Gasteiger partial charge on any atom is -0.390 e. The molecule has 0 spiro atoms. The number of carbonyl (C=O) groups is 1. The van der Waals surface area contributed by atoms with Gasteiger partial charge >= 0.3 is 0 Å². The quantitative estimate of drug-likeness (QED) is 0.570. The van der Waals surface area contributed by atoms with E-state index in [0.29, 0.717) is 6.54 Å². The van der Waals surface area contributed by atoms with Gasteiger partial charge in [-0.15, -0.1) is 0 Å². The number of anilines is 1. The molecule has 4 rings (SSSR count). The maximum atomic E-state index is 10.9. The summed E-state index contributed by atoms with van der Waals surface area (Å²) in [6.45, 7) is 9.49. The van der Waals surface area contributed by atoms with Crippen molar-refractivity contribution in [2.24, 2.45) is 5.16 Å². The van der Waals surface area contributed by atoms with Crippen molar-refractivity contribution in [1.29, 1.82) is 0 Å². The third-order valence-electron chi connectivity index (χ3n) is 5.96. The second-order valence-corrected chi connectivity index (χ2v) is 8.61. The highest BCUT2D eigenvalue weighted by atomic mass is 16.6. The number of aromatic nitrogens is 1. The molecule has 1 unspecified atom stereocenters. The first kappa shape index (κ1) is 23.2. The van der Waals surface area contributed by atoms with E-state index in [1.165, 1.54) is 12.5 Å². The largest absolute Gasteiger partial charge is 0.390 e. The molecule has 0 radical (unpaired) electrons. The van der Waals surface area contributed by atoms with Gasteiger partial charge in [0.05, 0.1) is 18.9 Å². The van der Waals surface area contributed by atoms with Crippen LogP contribution in [0.25, 0.3) is 11.1 Å². The Morgan fingerprint density at radius 3 is 2.70 bits per heavy atom. The van der Waals surface area contributed by atoms with Crippen molar-refractivity contribution in [3.8, 4) is 11.1 Å². The molecule has 1 amide bonds. The summed E-state index contributed by atoms with van der Waals surface area (Å²) in [5.41, 5.74) is 6.27. The minimum atomic E-state index is 0.00972. The Morgan fingerprint density at radius 2 is 1.97 bits per heavy atom. The predicted octanol–water partition coefficient (Wildman–Crippen LogP) is 2.82. The number of ether oxygens (including phenoxy) is 1. The van der Waals surface area contributed by atoms with Gasteiger partial charge in [0.2, 0.25) is 5.91 Å². The lowest BCUT2D eigenvalue weighted by molar-refractivity contribution is -0.118. The lowest BCUT2D eigenvalue weighted by Crippen LogP contribution is -2.41. The summed E-state index contributed by atoms with van der Waals surface area (Å²) in [7, 11) is 0. The summed E-state index contributed by atoms with van der Waals surface area (Å²) in [6, 6.07) is 10.5. The lowest BCUT2D eigenvalue weighted by atomic mass is 10.0. The Kier molecular flexibility index (Phi) is 7.91. The molecule has 33 heavy (non-hydrogen) atoms. The summed E-state index contributed by atoms with van der Waals surface area (Å²) < 4.78 is 5.41. The topological polar surface area (TPSA) is 88.1 Å². The lowest BCUT2D eigenvalue weighted by Gasteiger charge is -2.27. The van der Waals surface area contributed by atoms with Gasteiger partial charge in [-0.1, -0.05) is 17.3 Å². The van der Waals surface area contributed by atoms with Crippen molar-refractivity contribution in [3.05, 3.63) is 47.8 Å². The number of hydrogen-bond donors (Lipinski definition) is 2. The number of rotatable bonds is 9. The summed E-state index contributed by atoms with van der Waals surface area (Å²) >= 11 is 0. The molecule has 0 bridgehead atoms. The highest BCUT2D eigenvalue weighted by Gasteiger charge is 2.26. The SMILES string of the molecule is CC(=O)NCCCNc1ccc(-c2ccc(C3=NOC(CN4CCOCC4)C3)nc2)cc1C. The fraction of sp³-hybridized carbons (Fsp3) is 0.480. The van der Waals surface area contributed by atoms with Crippen molar-refractivity contribution in [2.75, 3.05) is 51.3 Å². The minimum absolute atomic E-state index is 0.00972. The number of oxime groups is 1. The van der Waals surface area contributed by atoms with Gasteiger partial charge in [0.25, 0.3) is 0 Å². The van der Waals surface area contributed by atoms with Crippen LogP contribution in [0, 0.1) is 6.92 Å². The van der Waals surface area contributed by atoms with E-state index < -0.39 is 0 Å². The summed E-state index contributed by atoms with van der Waals surface area (Å²) in [5.74, 6) is 0.00972. The molecule has 2 N–H and O–H groups in total. The molecule has 1 aromatic carbocycles. The van der Waals surface area contributed by atoms with Crippen molar-refractivity contribution in [3.63, 3.8) is 0 Å². The third kappa shape index (κ3) is 6.52. The van der Waals surface area contributed by atoms with E-state index in [0.717, 1.165) is 80.5 Å². The Hall–Kier alpha value is -2.97. The van der Waals surface area contributed by atoms with Crippen molar-refractivity contribution in [1.82, 2.24) is 15.2 Å². The fourth-order valence-corrected chi connectivity index (χ4v) is 4.10. The maximum absolute atomic E-state index is 10.9. The molecule has 1 fully saturated rings. The zero-order valence-corrected chi connectivity index (χ0v) is 19.5. The van der Waals surface area contributed by atoms with Crippen LogP contribution in [0.5, 0.6) is 0 Å². The molecule has 3 heterocycles. The van der Waals surface area contributed by atoms with Crippen LogP contribution in [0.2, 0.25) is 0 Å². The molecule has 2 aliphatic heterocycles. The van der Waals surface area contributed by atoms with Crippen molar-refractivity contribution < 1.29 is 14.4 Å². The monoisotopic (exact) mass is 451 g/mol.